The zero-order chi connectivity index (χ0) is 12.7. The monoisotopic (exact) mass is 227 g/mol. The van der Waals surface area contributed by atoms with E-state index in [9.17, 15) is 4.79 Å². The fraction of sp³-hybridized carbons (Fsp3) is 0.308. The van der Waals surface area contributed by atoms with Crippen LogP contribution >= 0.6 is 0 Å². The Kier molecular flexibility index (Phi) is 4.80. The van der Waals surface area contributed by atoms with Crippen molar-refractivity contribution in [2.45, 2.75) is 20.3 Å². The van der Waals surface area contributed by atoms with Gasteiger partial charge >= 0.3 is 0 Å². The van der Waals surface area contributed by atoms with Gasteiger partial charge in [-0.2, -0.15) is 0 Å². The lowest BCUT2D eigenvalue weighted by molar-refractivity contribution is 0.101. The van der Waals surface area contributed by atoms with E-state index in [4.69, 9.17) is 5.53 Å². The minimum absolute atomic E-state index is 0.0298. The summed E-state index contributed by atoms with van der Waals surface area (Å²) in [5.41, 5.74) is 10.6. The lowest BCUT2D eigenvalue weighted by Gasteiger charge is -2.00. The molecule has 0 spiro atoms. The van der Waals surface area contributed by atoms with Crippen LogP contribution in [0.15, 0.2) is 23.3 Å². The summed E-state index contributed by atoms with van der Waals surface area (Å²) in [6.07, 6.45) is 0.522. The molecule has 0 aliphatic carbocycles. The van der Waals surface area contributed by atoms with Crippen LogP contribution in [0.25, 0.3) is 10.4 Å². The second-order valence-electron chi connectivity index (χ2n) is 3.59. The molecule has 0 bridgehead atoms. The molecule has 0 saturated carbocycles. The molecule has 0 aliphatic rings. The average Bonchev–Trinajstić information content (AvgIpc) is 2.30. The van der Waals surface area contributed by atoms with E-state index in [1.807, 2.05) is 13.0 Å². The van der Waals surface area contributed by atoms with Gasteiger partial charge in [0.1, 0.15) is 0 Å². The van der Waals surface area contributed by atoms with Crippen LogP contribution < -0.4 is 0 Å². The first-order chi connectivity index (χ1) is 8.15. The van der Waals surface area contributed by atoms with Crippen molar-refractivity contribution in [3.63, 3.8) is 0 Å². The highest BCUT2D eigenvalue weighted by Gasteiger charge is 2.01. The van der Waals surface area contributed by atoms with Crippen LogP contribution in [0.5, 0.6) is 0 Å². The van der Waals surface area contributed by atoms with Crippen molar-refractivity contribution in [2.24, 2.45) is 5.11 Å². The smallest absolute Gasteiger partial charge is 0.159 e. The Morgan fingerprint density at radius 3 is 2.94 bits per heavy atom. The normalized spacial score (nSPS) is 8.82. The predicted molar refractivity (Wildman–Crippen MR) is 66.7 cm³/mol. The van der Waals surface area contributed by atoms with E-state index < -0.39 is 0 Å². The maximum atomic E-state index is 11.2. The zero-order valence-corrected chi connectivity index (χ0v) is 9.90. The summed E-state index contributed by atoms with van der Waals surface area (Å²) in [5, 5.41) is 3.40. The van der Waals surface area contributed by atoms with E-state index in [1.165, 1.54) is 6.92 Å². The second-order valence-corrected chi connectivity index (χ2v) is 3.59. The van der Waals surface area contributed by atoms with Gasteiger partial charge in [0.2, 0.25) is 0 Å². The van der Waals surface area contributed by atoms with Gasteiger partial charge in [0, 0.05) is 29.0 Å². The minimum atomic E-state index is 0.0298. The molecule has 4 nitrogen and oxygen atoms in total. The Morgan fingerprint density at radius 2 is 2.29 bits per heavy atom. The van der Waals surface area contributed by atoms with Gasteiger partial charge in [0.05, 0.1) is 0 Å². The number of azide groups is 1. The van der Waals surface area contributed by atoms with Crippen LogP contribution in [0, 0.1) is 18.8 Å². The number of benzene rings is 1. The molecule has 0 fully saturated rings. The third kappa shape index (κ3) is 4.02. The minimum Gasteiger partial charge on any atom is -0.295 e. The first-order valence-electron chi connectivity index (χ1n) is 5.26. The molecule has 0 amide bonds. The molecule has 0 unspecified atom stereocenters. The number of aryl methyl sites for hydroxylation is 1. The van der Waals surface area contributed by atoms with Crippen molar-refractivity contribution in [3.8, 4) is 11.8 Å². The second kappa shape index (κ2) is 6.37. The van der Waals surface area contributed by atoms with E-state index in [0.717, 1.165) is 11.1 Å². The topological polar surface area (TPSA) is 65.8 Å². The number of nitrogens with zero attached hydrogens (tertiary/aromatic N) is 3. The van der Waals surface area contributed by atoms with Crippen LogP contribution in [-0.2, 0) is 0 Å². The lowest BCUT2D eigenvalue weighted by Crippen LogP contribution is -1.94. The third-order valence-corrected chi connectivity index (χ3v) is 2.27. The van der Waals surface area contributed by atoms with Crippen molar-refractivity contribution in [1.29, 1.82) is 0 Å². The van der Waals surface area contributed by atoms with Gasteiger partial charge in [0.15, 0.2) is 5.78 Å². The van der Waals surface area contributed by atoms with E-state index in [2.05, 4.69) is 21.9 Å². The van der Waals surface area contributed by atoms with Crippen LogP contribution in [0.1, 0.15) is 34.8 Å². The predicted octanol–water partition coefficient (Wildman–Crippen LogP) is 3.25. The van der Waals surface area contributed by atoms with Crippen molar-refractivity contribution in [2.75, 3.05) is 6.54 Å². The largest absolute Gasteiger partial charge is 0.295 e. The molecule has 4 heteroatoms. The summed E-state index contributed by atoms with van der Waals surface area (Å²) in [7, 11) is 0. The highest BCUT2D eigenvalue weighted by Crippen LogP contribution is 2.10. The zero-order valence-electron chi connectivity index (χ0n) is 9.90. The highest BCUT2D eigenvalue weighted by atomic mass is 16.1. The summed E-state index contributed by atoms with van der Waals surface area (Å²) < 4.78 is 0. The molecular formula is C13H13N3O. The van der Waals surface area contributed by atoms with Gasteiger partial charge in [-0.1, -0.05) is 29.1 Å². The van der Waals surface area contributed by atoms with E-state index in [0.29, 0.717) is 18.5 Å². The number of hydrogen-bond donors (Lipinski definition) is 0. The first kappa shape index (κ1) is 12.8. The molecular weight excluding hydrogens is 214 g/mol. The SMILES string of the molecule is CC(=O)c1ccc(C)c(C#CCCN=[N+]=[N-])c1. The van der Waals surface area contributed by atoms with Gasteiger partial charge in [-0.3, -0.25) is 4.79 Å². The number of Topliss-reactive ketones (excluding diaryl/α,β-unsaturated/α-hetero) is 1. The van der Waals surface area contributed by atoms with Crippen LogP contribution in [0.4, 0.5) is 0 Å². The first-order valence-corrected chi connectivity index (χ1v) is 5.26. The molecule has 17 heavy (non-hydrogen) atoms. The van der Waals surface area contributed by atoms with Gasteiger partial charge in [-0.05, 0) is 31.0 Å². The summed E-state index contributed by atoms with van der Waals surface area (Å²) in [6, 6.07) is 5.47. The van der Waals surface area contributed by atoms with Crippen molar-refractivity contribution >= 4 is 5.78 Å². The van der Waals surface area contributed by atoms with Gasteiger partial charge in [-0.15, -0.1) is 0 Å². The summed E-state index contributed by atoms with van der Waals surface area (Å²) in [4.78, 5) is 13.9. The molecule has 0 atom stereocenters. The van der Waals surface area contributed by atoms with Crippen molar-refractivity contribution in [3.05, 3.63) is 45.3 Å². The molecule has 0 aromatic heterocycles. The number of rotatable bonds is 3. The van der Waals surface area contributed by atoms with E-state index in [1.54, 1.807) is 12.1 Å². The molecule has 1 aromatic rings. The summed E-state index contributed by atoms with van der Waals surface area (Å²) in [5.74, 6) is 5.93. The Bertz CT molecular complexity index is 531. The molecule has 0 N–H and O–H groups in total. The van der Waals surface area contributed by atoms with Gasteiger partial charge in [0.25, 0.3) is 0 Å². The summed E-state index contributed by atoms with van der Waals surface area (Å²) in [6.45, 7) is 3.85. The average molecular weight is 227 g/mol. The van der Waals surface area contributed by atoms with Gasteiger partial charge in [-0.25, -0.2) is 0 Å². The number of carbonyl (C=O) groups is 1. The Balaban J connectivity index is 2.85. The van der Waals surface area contributed by atoms with E-state index >= 15 is 0 Å². The molecule has 0 saturated heterocycles. The number of carbonyl (C=O) groups excluding carboxylic acids is 1. The van der Waals surface area contributed by atoms with Crippen molar-refractivity contribution < 1.29 is 4.79 Å². The fourth-order valence-electron chi connectivity index (χ4n) is 1.28. The van der Waals surface area contributed by atoms with Crippen LogP contribution in [0.3, 0.4) is 0 Å². The lowest BCUT2D eigenvalue weighted by atomic mass is 10.0. The maximum absolute atomic E-state index is 11.2. The maximum Gasteiger partial charge on any atom is 0.159 e. The standard InChI is InChI=1S/C13H13N3O/c1-10-6-7-13(11(2)17)9-12(10)5-3-4-8-15-16-14/h6-7,9H,4,8H2,1-2H3. The third-order valence-electron chi connectivity index (χ3n) is 2.27. The number of ketones is 1. The molecule has 0 aliphatic heterocycles. The molecule has 0 radical (unpaired) electrons. The van der Waals surface area contributed by atoms with Crippen LogP contribution in [0.2, 0.25) is 0 Å². The summed E-state index contributed by atoms with van der Waals surface area (Å²) >= 11 is 0. The Hall–Kier alpha value is -2.24. The van der Waals surface area contributed by atoms with Crippen molar-refractivity contribution in [1.82, 2.24) is 0 Å². The van der Waals surface area contributed by atoms with Crippen LogP contribution in [-0.4, -0.2) is 12.3 Å². The number of hydrogen-bond acceptors (Lipinski definition) is 2. The quantitative estimate of drug-likeness (QED) is 0.195. The fourth-order valence-corrected chi connectivity index (χ4v) is 1.28. The van der Waals surface area contributed by atoms with Gasteiger partial charge < -0.3 is 0 Å². The molecule has 1 rings (SSSR count). The Morgan fingerprint density at radius 1 is 1.53 bits per heavy atom. The van der Waals surface area contributed by atoms with E-state index in [-0.39, 0.29) is 5.78 Å². The molecule has 0 heterocycles. The Labute approximate surface area is 100 Å². The molecule has 86 valence electrons. The highest BCUT2D eigenvalue weighted by molar-refractivity contribution is 5.94. The molecule has 1 aromatic carbocycles.